The van der Waals surface area contributed by atoms with Crippen LogP contribution in [0.3, 0.4) is 0 Å². The summed E-state index contributed by atoms with van der Waals surface area (Å²) < 4.78 is 17.1. The van der Waals surface area contributed by atoms with E-state index in [1.807, 2.05) is 64.2 Å². The maximum atomic E-state index is 11.6. The van der Waals surface area contributed by atoms with Crippen molar-refractivity contribution in [1.82, 2.24) is 15.3 Å². The minimum atomic E-state index is -0.481. The second-order valence-corrected chi connectivity index (χ2v) is 8.49. The lowest BCUT2D eigenvalue weighted by molar-refractivity contribution is 0.0504. The second-order valence-electron chi connectivity index (χ2n) is 8.49. The zero-order valence-corrected chi connectivity index (χ0v) is 18.7. The van der Waals surface area contributed by atoms with Gasteiger partial charge in [0.15, 0.2) is 0 Å². The highest BCUT2D eigenvalue weighted by Crippen LogP contribution is 2.30. The van der Waals surface area contributed by atoms with Crippen LogP contribution in [0.15, 0.2) is 42.7 Å². The van der Waals surface area contributed by atoms with Crippen molar-refractivity contribution in [3.8, 4) is 5.88 Å². The number of rotatable bonds is 9. The van der Waals surface area contributed by atoms with Crippen molar-refractivity contribution >= 4 is 27.8 Å². The van der Waals surface area contributed by atoms with E-state index in [2.05, 4.69) is 10.3 Å². The molecule has 1 aromatic carbocycles. The summed E-state index contributed by atoms with van der Waals surface area (Å²) in [6.07, 6.45) is 4.71. The summed E-state index contributed by atoms with van der Waals surface area (Å²) in [6.45, 7) is 9.11. The smallest absolute Gasteiger partial charge is 0.407 e. The fraction of sp³-hybridized carbons (Fsp3) is 0.458. The maximum absolute atomic E-state index is 11.6. The predicted molar refractivity (Wildman–Crippen MR) is 121 cm³/mol. The van der Waals surface area contributed by atoms with Gasteiger partial charge < -0.3 is 19.5 Å². The van der Waals surface area contributed by atoms with Crippen molar-refractivity contribution in [3.05, 3.63) is 42.7 Å². The van der Waals surface area contributed by atoms with Gasteiger partial charge in [-0.3, -0.25) is 4.98 Å². The largest absolute Gasteiger partial charge is 0.472 e. The Labute approximate surface area is 183 Å². The van der Waals surface area contributed by atoms with E-state index in [1.165, 1.54) is 0 Å². The number of pyridine rings is 2. The highest BCUT2D eigenvalue weighted by Gasteiger charge is 2.15. The number of hydrogen-bond donors (Lipinski definition) is 1. The molecule has 2 heterocycles. The molecule has 1 atom stereocenters. The number of carbonyl (C=O) groups is 1. The van der Waals surface area contributed by atoms with Gasteiger partial charge in [0.1, 0.15) is 11.7 Å². The molecule has 31 heavy (non-hydrogen) atoms. The highest BCUT2D eigenvalue weighted by molar-refractivity contribution is 6.07. The number of carbonyl (C=O) groups excluding carboxylic acids is 1. The first kappa shape index (κ1) is 22.7. The third-order valence-electron chi connectivity index (χ3n) is 4.52. The summed E-state index contributed by atoms with van der Waals surface area (Å²) in [6, 6.07) is 9.90. The number of aromatic nitrogens is 2. The van der Waals surface area contributed by atoms with Gasteiger partial charge in [-0.25, -0.2) is 9.78 Å². The Balaban J connectivity index is 1.44. The number of hydrogen-bond acceptors (Lipinski definition) is 6. The van der Waals surface area contributed by atoms with Gasteiger partial charge in [0.2, 0.25) is 5.88 Å². The molecule has 0 saturated heterocycles. The minimum Gasteiger partial charge on any atom is -0.472 e. The van der Waals surface area contributed by atoms with Crippen molar-refractivity contribution < 1.29 is 19.0 Å². The van der Waals surface area contributed by atoms with E-state index in [-0.39, 0.29) is 12.2 Å². The molecule has 0 aliphatic heterocycles. The zero-order chi connectivity index (χ0) is 22.3. The van der Waals surface area contributed by atoms with Crippen molar-refractivity contribution in [2.45, 2.75) is 52.2 Å². The van der Waals surface area contributed by atoms with Gasteiger partial charge in [0.25, 0.3) is 0 Å². The summed E-state index contributed by atoms with van der Waals surface area (Å²) in [5.74, 6) is 0.591. The van der Waals surface area contributed by atoms with E-state index in [9.17, 15) is 4.79 Å². The summed E-state index contributed by atoms with van der Waals surface area (Å²) in [7, 11) is 0. The number of fused-ring (bicyclic) bond motifs is 3. The molecule has 7 nitrogen and oxygen atoms in total. The van der Waals surface area contributed by atoms with E-state index in [4.69, 9.17) is 19.2 Å². The molecular weight excluding hydrogens is 394 g/mol. The highest BCUT2D eigenvalue weighted by atomic mass is 16.6. The van der Waals surface area contributed by atoms with Crippen LogP contribution >= 0.6 is 0 Å². The van der Waals surface area contributed by atoms with Gasteiger partial charge in [-0.15, -0.1) is 0 Å². The van der Waals surface area contributed by atoms with E-state index in [1.54, 1.807) is 6.20 Å². The molecule has 0 aliphatic rings. The Morgan fingerprint density at radius 2 is 1.90 bits per heavy atom. The molecule has 7 heteroatoms. The summed E-state index contributed by atoms with van der Waals surface area (Å²) in [5, 5.41) is 5.77. The zero-order valence-electron chi connectivity index (χ0n) is 18.7. The van der Waals surface area contributed by atoms with Gasteiger partial charge in [-0.1, -0.05) is 18.2 Å². The Bertz CT molecular complexity index is 1020. The van der Waals surface area contributed by atoms with Crippen LogP contribution in [-0.2, 0) is 9.47 Å². The fourth-order valence-corrected chi connectivity index (χ4v) is 3.16. The van der Waals surface area contributed by atoms with Crippen LogP contribution in [0.1, 0.15) is 40.5 Å². The lowest BCUT2D eigenvalue weighted by Crippen LogP contribution is -2.33. The average Bonchev–Trinajstić information content (AvgIpc) is 2.72. The molecular formula is C24H31N3O4. The normalized spacial score (nSPS) is 12.6. The number of nitrogens with zero attached hydrogens (tertiary/aromatic N) is 2. The Morgan fingerprint density at radius 3 is 2.71 bits per heavy atom. The Morgan fingerprint density at radius 1 is 1.10 bits per heavy atom. The third kappa shape index (κ3) is 6.79. The van der Waals surface area contributed by atoms with Crippen LogP contribution in [-0.4, -0.2) is 47.5 Å². The summed E-state index contributed by atoms with van der Waals surface area (Å²) in [5.41, 5.74) is 0.397. The number of nitrogens with one attached hydrogen (secondary N) is 1. The Hall–Kier alpha value is -2.93. The van der Waals surface area contributed by atoms with Crippen molar-refractivity contribution in [2.24, 2.45) is 0 Å². The molecule has 3 rings (SSSR count). The van der Waals surface area contributed by atoms with Crippen LogP contribution in [0.2, 0.25) is 0 Å². The predicted octanol–water partition coefficient (Wildman–Crippen LogP) is 4.87. The maximum Gasteiger partial charge on any atom is 0.407 e. The molecule has 0 bridgehead atoms. The van der Waals surface area contributed by atoms with E-state index < -0.39 is 5.60 Å². The second kappa shape index (κ2) is 10.4. The number of para-hydroxylation sites is 1. The standard InChI is InChI=1S/C24H31N3O4/c1-17(16-29-14-8-7-12-26-23(28)31-24(2,3)4)30-22-19-11-13-25-15-20(19)18-9-5-6-10-21(18)27-22/h5-6,9-11,13,15,17H,7-8,12,14,16H2,1-4H3,(H,26,28)/t17-/m1/s1. The summed E-state index contributed by atoms with van der Waals surface area (Å²) >= 11 is 0. The van der Waals surface area contributed by atoms with Gasteiger partial charge >= 0.3 is 6.09 Å². The molecule has 0 saturated carbocycles. The SMILES string of the molecule is C[C@H](COCCCCNC(=O)OC(C)(C)C)Oc1nc2ccccc2c2cnccc12. The van der Waals surface area contributed by atoms with Crippen molar-refractivity contribution in [3.63, 3.8) is 0 Å². The van der Waals surface area contributed by atoms with Crippen LogP contribution in [0.25, 0.3) is 21.7 Å². The van der Waals surface area contributed by atoms with Gasteiger partial charge in [-0.05, 0) is 52.7 Å². The number of benzene rings is 1. The van der Waals surface area contributed by atoms with Crippen molar-refractivity contribution in [1.29, 1.82) is 0 Å². The molecule has 0 aliphatic carbocycles. The molecule has 0 spiro atoms. The number of alkyl carbamates (subject to hydrolysis) is 1. The van der Waals surface area contributed by atoms with E-state index >= 15 is 0 Å². The van der Waals surface area contributed by atoms with Gasteiger partial charge in [0, 0.05) is 41.7 Å². The van der Waals surface area contributed by atoms with Crippen LogP contribution in [0.5, 0.6) is 5.88 Å². The number of amides is 1. The molecule has 2 aromatic heterocycles. The molecule has 1 N–H and O–H groups in total. The lowest BCUT2D eigenvalue weighted by Gasteiger charge is -2.19. The number of unbranched alkanes of at least 4 members (excludes halogenated alkanes) is 1. The Kier molecular flexibility index (Phi) is 7.63. The summed E-state index contributed by atoms with van der Waals surface area (Å²) in [4.78, 5) is 20.5. The monoisotopic (exact) mass is 425 g/mol. The van der Waals surface area contributed by atoms with Crippen LogP contribution in [0.4, 0.5) is 4.79 Å². The van der Waals surface area contributed by atoms with Gasteiger partial charge in [-0.2, -0.15) is 0 Å². The first-order valence-corrected chi connectivity index (χ1v) is 10.7. The van der Waals surface area contributed by atoms with Crippen LogP contribution in [0, 0.1) is 0 Å². The van der Waals surface area contributed by atoms with Crippen LogP contribution < -0.4 is 10.1 Å². The molecule has 0 radical (unpaired) electrons. The molecule has 166 valence electrons. The molecule has 3 aromatic rings. The lowest BCUT2D eigenvalue weighted by atomic mass is 10.1. The first-order chi connectivity index (χ1) is 14.8. The third-order valence-corrected chi connectivity index (χ3v) is 4.52. The van der Waals surface area contributed by atoms with E-state index in [0.29, 0.717) is 25.6 Å². The fourth-order valence-electron chi connectivity index (χ4n) is 3.16. The number of ether oxygens (including phenoxy) is 3. The molecule has 0 fully saturated rings. The average molecular weight is 426 g/mol. The van der Waals surface area contributed by atoms with Gasteiger partial charge in [0.05, 0.1) is 12.1 Å². The topological polar surface area (TPSA) is 82.6 Å². The minimum absolute atomic E-state index is 0.148. The van der Waals surface area contributed by atoms with Crippen molar-refractivity contribution in [2.75, 3.05) is 19.8 Å². The molecule has 0 unspecified atom stereocenters. The molecule has 1 amide bonds. The first-order valence-electron chi connectivity index (χ1n) is 10.7. The van der Waals surface area contributed by atoms with E-state index in [0.717, 1.165) is 34.5 Å². The quantitative estimate of drug-likeness (QED) is 0.389.